The molecule has 1 atom stereocenters. The van der Waals surface area contributed by atoms with Gasteiger partial charge in [0.05, 0.1) is 6.10 Å². The summed E-state index contributed by atoms with van der Waals surface area (Å²) >= 11 is 3.46. The van der Waals surface area contributed by atoms with Crippen molar-refractivity contribution >= 4 is 15.9 Å². The second-order valence-corrected chi connectivity index (χ2v) is 4.81. The van der Waals surface area contributed by atoms with Crippen LogP contribution in [0.3, 0.4) is 0 Å². The third-order valence-corrected chi connectivity index (χ3v) is 3.23. The third kappa shape index (κ3) is 2.73. The Hall–Kier alpha value is -0.540. The summed E-state index contributed by atoms with van der Waals surface area (Å²) in [6.45, 7) is 0.257. The highest BCUT2D eigenvalue weighted by Crippen LogP contribution is 2.31. The van der Waals surface area contributed by atoms with E-state index in [2.05, 4.69) is 22.0 Å². The molecule has 0 saturated heterocycles. The van der Waals surface area contributed by atoms with Gasteiger partial charge in [-0.05, 0) is 49.4 Å². The van der Waals surface area contributed by atoms with E-state index in [4.69, 9.17) is 9.84 Å². The molecule has 1 heterocycles. The first-order chi connectivity index (χ1) is 7.29. The zero-order chi connectivity index (χ0) is 10.7. The van der Waals surface area contributed by atoms with Gasteiger partial charge in [-0.25, -0.2) is 0 Å². The number of hydrogen-bond donors (Lipinski definition) is 1. The van der Waals surface area contributed by atoms with Gasteiger partial charge in [-0.2, -0.15) is 0 Å². The molecule has 0 unspecified atom stereocenters. The van der Waals surface area contributed by atoms with Crippen LogP contribution in [0.4, 0.5) is 0 Å². The van der Waals surface area contributed by atoms with E-state index >= 15 is 0 Å². The van der Waals surface area contributed by atoms with Crippen molar-refractivity contribution in [1.82, 2.24) is 0 Å². The predicted molar refractivity (Wildman–Crippen MR) is 63.2 cm³/mol. The maximum atomic E-state index is 8.77. The number of benzene rings is 1. The summed E-state index contributed by atoms with van der Waals surface area (Å²) in [6, 6.07) is 6.15. The molecule has 15 heavy (non-hydrogen) atoms. The lowest BCUT2D eigenvalue weighted by Crippen LogP contribution is -2.22. The number of fused-ring (bicyclic) bond motifs is 1. The van der Waals surface area contributed by atoms with Gasteiger partial charge in [0.15, 0.2) is 0 Å². The second kappa shape index (κ2) is 4.99. The molecule has 0 spiro atoms. The molecule has 0 saturated carbocycles. The second-order valence-electron chi connectivity index (χ2n) is 3.90. The van der Waals surface area contributed by atoms with E-state index in [1.807, 2.05) is 12.1 Å². The molecule has 1 aliphatic rings. The van der Waals surface area contributed by atoms with Crippen LogP contribution in [-0.4, -0.2) is 17.8 Å². The van der Waals surface area contributed by atoms with E-state index in [9.17, 15) is 0 Å². The van der Waals surface area contributed by atoms with E-state index in [-0.39, 0.29) is 12.7 Å². The molecule has 82 valence electrons. The summed E-state index contributed by atoms with van der Waals surface area (Å²) in [5, 5.41) is 8.77. The van der Waals surface area contributed by atoms with Crippen LogP contribution in [0, 0.1) is 0 Å². The molecule has 1 aliphatic heterocycles. The number of aliphatic hydroxyl groups excluding tert-OH is 1. The normalized spacial score (nSPS) is 19.5. The largest absolute Gasteiger partial charge is 0.490 e. The van der Waals surface area contributed by atoms with E-state index in [1.165, 1.54) is 5.56 Å². The summed E-state index contributed by atoms with van der Waals surface area (Å²) in [5.41, 5.74) is 1.28. The SMILES string of the molecule is OCCC[C@H]1CCc2cc(Br)ccc2O1. The molecule has 0 bridgehead atoms. The molecule has 0 aromatic heterocycles. The molecular formula is C12H15BrO2. The number of rotatable bonds is 3. The maximum absolute atomic E-state index is 8.77. The zero-order valence-electron chi connectivity index (χ0n) is 8.58. The average molecular weight is 271 g/mol. The molecule has 3 heteroatoms. The van der Waals surface area contributed by atoms with Crippen molar-refractivity contribution in [1.29, 1.82) is 0 Å². The Kier molecular flexibility index (Phi) is 3.65. The van der Waals surface area contributed by atoms with Gasteiger partial charge in [0.2, 0.25) is 0 Å². The first-order valence-corrected chi connectivity index (χ1v) is 6.15. The minimum Gasteiger partial charge on any atom is -0.490 e. The van der Waals surface area contributed by atoms with Crippen LogP contribution in [0.15, 0.2) is 22.7 Å². The Morgan fingerprint density at radius 3 is 3.13 bits per heavy atom. The predicted octanol–water partition coefficient (Wildman–Crippen LogP) is 2.92. The zero-order valence-corrected chi connectivity index (χ0v) is 10.2. The van der Waals surface area contributed by atoms with Gasteiger partial charge in [-0.1, -0.05) is 15.9 Å². The van der Waals surface area contributed by atoms with E-state index < -0.39 is 0 Å². The van der Waals surface area contributed by atoms with Gasteiger partial charge in [-0.15, -0.1) is 0 Å². The Morgan fingerprint density at radius 2 is 2.33 bits per heavy atom. The molecule has 0 amide bonds. The van der Waals surface area contributed by atoms with Gasteiger partial charge in [0.25, 0.3) is 0 Å². The molecular weight excluding hydrogens is 256 g/mol. The smallest absolute Gasteiger partial charge is 0.122 e. The van der Waals surface area contributed by atoms with Gasteiger partial charge in [0, 0.05) is 11.1 Å². The van der Waals surface area contributed by atoms with Crippen LogP contribution < -0.4 is 4.74 Å². The first-order valence-electron chi connectivity index (χ1n) is 5.35. The van der Waals surface area contributed by atoms with Crippen LogP contribution in [0.2, 0.25) is 0 Å². The standard InChI is InChI=1S/C12H15BrO2/c13-10-4-6-12-9(8-10)3-5-11(15-12)2-1-7-14/h4,6,8,11,14H,1-3,5,7H2/t11-/m0/s1. The number of halogens is 1. The molecule has 0 aliphatic carbocycles. The molecule has 1 N–H and O–H groups in total. The van der Waals surface area contributed by atoms with Crippen molar-refractivity contribution in [2.24, 2.45) is 0 Å². The lowest BCUT2D eigenvalue weighted by atomic mass is 10.00. The molecule has 0 radical (unpaired) electrons. The summed E-state index contributed by atoms with van der Waals surface area (Å²) in [7, 11) is 0. The van der Waals surface area contributed by atoms with Crippen molar-refractivity contribution in [2.75, 3.05) is 6.61 Å². The van der Waals surface area contributed by atoms with Crippen molar-refractivity contribution in [3.05, 3.63) is 28.2 Å². The van der Waals surface area contributed by atoms with E-state index in [0.717, 1.165) is 35.9 Å². The number of aryl methyl sites for hydroxylation is 1. The van der Waals surface area contributed by atoms with Crippen molar-refractivity contribution < 1.29 is 9.84 Å². The van der Waals surface area contributed by atoms with Crippen molar-refractivity contribution in [2.45, 2.75) is 31.8 Å². The van der Waals surface area contributed by atoms with Crippen LogP contribution in [-0.2, 0) is 6.42 Å². The summed E-state index contributed by atoms with van der Waals surface area (Å²) in [4.78, 5) is 0. The Morgan fingerprint density at radius 1 is 1.47 bits per heavy atom. The van der Waals surface area contributed by atoms with Crippen LogP contribution >= 0.6 is 15.9 Å². The fourth-order valence-corrected chi connectivity index (χ4v) is 2.34. The summed E-state index contributed by atoms with van der Waals surface area (Å²) in [6.07, 6.45) is 4.20. The molecule has 0 fully saturated rings. The fraction of sp³-hybridized carbons (Fsp3) is 0.500. The lowest BCUT2D eigenvalue weighted by molar-refractivity contribution is 0.150. The monoisotopic (exact) mass is 270 g/mol. The van der Waals surface area contributed by atoms with Crippen molar-refractivity contribution in [3.63, 3.8) is 0 Å². The van der Waals surface area contributed by atoms with Gasteiger partial charge >= 0.3 is 0 Å². The fourth-order valence-electron chi connectivity index (χ4n) is 1.94. The average Bonchev–Trinajstić information content (AvgIpc) is 2.26. The number of ether oxygens (including phenoxy) is 1. The third-order valence-electron chi connectivity index (χ3n) is 2.74. The first kappa shape index (κ1) is 11.0. The Bertz CT molecular complexity index is 338. The maximum Gasteiger partial charge on any atom is 0.122 e. The van der Waals surface area contributed by atoms with Crippen molar-refractivity contribution in [3.8, 4) is 5.75 Å². The minimum atomic E-state index is 0.257. The molecule has 2 rings (SSSR count). The van der Waals surface area contributed by atoms with Gasteiger partial charge in [0.1, 0.15) is 5.75 Å². The van der Waals surface area contributed by atoms with Crippen LogP contribution in [0.5, 0.6) is 5.75 Å². The molecule has 1 aromatic rings. The van der Waals surface area contributed by atoms with Gasteiger partial charge < -0.3 is 9.84 Å². The highest BCUT2D eigenvalue weighted by molar-refractivity contribution is 9.10. The van der Waals surface area contributed by atoms with E-state index in [1.54, 1.807) is 0 Å². The Labute approximate surface area is 98.4 Å². The number of aliphatic hydroxyl groups is 1. The van der Waals surface area contributed by atoms with Gasteiger partial charge in [-0.3, -0.25) is 0 Å². The minimum absolute atomic E-state index is 0.257. The quantitative estimate of drug-likeness (QED) is 0.915. The van der Waals surface area contributed by atoms with E-state index in [0.29, 0.717) is 0 Å². The molecule has 2 nitrogen and oxygen atoms in total. The lowest BCUT2D eigenvalue weighted by Gasteiger charge is -2.26. The summed E-state index contributed by atoms with van der Waals surface area (Å²) < 4.78 is 6.97. The topological polar surface area (TPSA) is 29.5 Å². The van der Waals surface area contributed by atoms with Crippen LogP contribution in [0.25, 0.3) is 0 Å². The van der Waals surface area contributed by atoms with Crippen LogP contribution in [0.1, 0.15) is 24.8 Å². The highest BCUT2D eigenvalue weighted by atomic mass is 79.9. The molecule has 1 aromatic carbocycles. The summed E-state index contributed by atoms with van der Waals surface area (Å²) in [5.74, 6) is 1.01. The Balaban J connectivity index is 2.03. The number of hydrogen-bond acceptors (Lipinski definition) is 2. The highest BCUT2D eigenvalue weighted by Gasteiger charge is 2.19.